The molecule has 0 amide bonds. The van der Waals surface area contributed by atoms with E-state index >= 15 is 0 Å². The van der Waals surface area contributed by atoms with Crippen molar-refractivity contribution in [3.63, 3.8) is 0 Å². The van der Waals surface area contributed by atoms with Gasteiger partial charge in [0.15, 0.2) is 0 Å². The van der Waals surface area contributed by atoms with Gasteiger partial charge >= 0.3 is 0 Å². The quantitative estimate of drug-likeness (QED) is 0.782. The van der Waals surface area contributed by atoms with Crippen LogP contribution in [-0.4, -0.2) is 44.6 Å². The molecule has 0 radical (unpaired) electrons. The van der Waals surface area contributed by atoms with Crippen LogP contribution in [0, 0.1) is 18.3 Å². The van der Waals surface area contributed by atoms with Gasteiger partial charge in [-0.25, -0.2) is 9.67 Å². The van der Waals surface area contributed by atoms with Gasteiger partial charge in [-0.15, -0.1) is 5.10 Å². The third-order valence-corrected chi connectivity index (χ3v) is 4.75. The number of ether oxygens (including phenoxy) is 1. The zero-order valence-corrected chi connectivity index (χ0v) is 14.2. The van der Waals surface area contributed by atoms with Crippen molar-refractivity contribution in [1.82, 2.24) is 29.7 Å². The topological polar surface area (TPSA) is 93.1 Å². The summed E-state index contributed by atoms with van der Waals surface area (Å²) in [6.07, 6.45) is 3.65. The molecule has 3 aromatic rings. The average molecular weight is 337 g/mol. The van der Waals surface area contributed by atoms with Gasteiger partial charge in [0.05, 0.1) is 25.0 Å². The van der Waals surface area contributed by atoms with Crippen LogP contribution in [0.2, 0.25) is 0 Å². The molecule has 1 N–H and O–H groups in total. The van der Waals surface area contributed by atoms with E-state index in [0.29, 0.717) is 23.3 Å². The first kappa shape index (κ1) is 15.6. The van der Waals surface area contributed by atoms with Crippen molar-refractivity contribution in [2.24, 2.45) is 0 Å². The molecule has 0 bridgehead atoms. The number of aromatic nitrogens is 5. The van der Waals surface area contributed by atoms with Crippen LogP contribution in [0.1, 0.15) is 30.3 Å². The molecule has 0 atom stereocenters. The zero-order valence-electron chi connectivity index (χ0n) is 14.2. The molecule has 4 heterocycles. The highest BCUT2D eigenvalue weighted by Crippen LogP contribution is 2.30. The van der Waals surface area contributed by atoms with Gasteiger partial charge in [-0.1, -0.05) is 5.21 Å². The SMILES string of the molecule is COc1cc(-c2nnn(C3CCNCC3)c2C)cc2ncc(C#N)n12. The predicted molar refractivity (Wildman–Crippen MR) is 91.4 cm³/mol. The van der Waals surface area contributed by atoms with Crippen molar-refractivity contribution in [2.75, 3.05) is 20.2 Å². The molecule has 1 aliphatic rings. The third kappa shape index (κ3) is 2.53. The van der Waals surface area contributed by atoms with Gasteiger partial charge in [-0.05, 0) is 38.9 Å². The summed E-state index contributed by atoms with van der Waals surface area (Å²) >= 11 is 0. The summed E-state index contributed by atoms with van der Waals surface area (Å²) in [6.45, 7) is 4.05. The van der Waals surface area contributed by atoms with E-state index in [9.17, 15) is 5.26 Å². The first-order valence-electron chi connectivity index (χ1n) is 8.31. The molecule has 0 saturated carbocycles. The molecular formula is C17H19N7O. The zero-order chi connectivity index (χ0) is 17.4. The summed E-state index contributed by atoms with van der Waals surface area (Å²) in [5, 5.41) is 21.4. The summed E-state index contributed by atoms with van der Waals surface area (Å²) in [4.78, 5) is 4.31. The van der Waals surface area contributed by atoms with Crippen molar-refractivity contribution < 1.29 is 4.74 Å². The van der Waals surface area contributed by atoms with Crippen LogP contribution in [0.5, 0.6) is 5.88 Å². The second-order valence-electron chi connectivity index (χ2n) is 6.18. The van der Waals surface area contributed by atoms with Crippen LogP contribution in [0.3, 0.4) is 0 Å². The highest BCUT2D eigenvalue weighted by atomic mass is 16.5. The molecule has 1 saturated heterocycles. The van der Waals surface area contributed by atoms with Gasteiger partial charge in [0, 0.05) is 11.6 Å². The first-order valence-corrected chi connectivity index (χ1v) is 8.31. The highest BCUT2D eigenvalue weighted by Gasteiger charge is 2.21. The van der Waals surface area contributed by atoms with Crippen LogP contribution < -0.4 is 10.1 Å². The van der Waals surface area contributed by atoms with E-state index in [1.165, 1.54) is 0 Å². The van der Waals surface area contributed by atoms with Crippen LogP contribution in [-0.2, 0) is 0 Å². The first-order chi connectivity index (χ1) is 12.2. The minimum absolute atomic E-state index is 0.379. The Kier molecular flexibility index (Phi) is 3.86. The fourth-order valence-electron chi connectivity index (χ4n) is 3.45. The Labute approximate surface area is 145 Å². The Morgan fingerprint density at radius 3 is 2.84 bits per heavy atom. The van der Waals surface area contributed by atoms with Crippen molar-refractivity contribution in [1.29, 1.82) is 5.26 Å². The van der Waals surface area contributed by atoms with Gasteiger partial charge in [-0.3, -0.25) is 4.40 Å². The summed E-state index contributed by atoms with van der Waals surface area (Å²) in [5.41, 5.74) is 3.83. The van der Waals surface area contributed by atoms with Crippen LogP contribution >= 0.6 is 0 Å². The standard InChI is InChI=1S/C17H19N7O/c1-11-17(21-22-24(11)13-3-5-19-6-4-13)12-7-15-20-10-14(9-18)23(15)16(8-12)25-2/h7-8,10,13,19H,3-6H2,1-2H3. The average Bonchev–Trinajstić information content (AvgIpc) is 3.24. The van der Waals surface area contributed by atoms with Gasteiger partial charge in [-0.2, -0.15) is 5.26 Å². The van der Waals surface area contributed by atoms with E-state index in [4.69, 9.17) is 4.74 Å². The lowest BCUT2D eigenvalue weighted by molar-refractivity contribution is 0.333. The Morgan fingerprint density at radius 1 is 1.32 bits per heavy atom. The summed E-state index contributed by atoms with van der Waals surface area (Å²) in [7, 11) is 1.58. The molecule has 3 aromatic heterocycles. The normalized spacial score (nSPS) is 15.4. The molecule has 4 rings (SSSR count). The number of pyridine rings is 1. The lowest BCUT2D eigenvalue weighted by Gasteiger charge is -2.23. The summed E-state index contributed by atoms with van der Waals surface area (Å²) in [6, 6.07) is 6.29. The van der Waals surface area contributed by atoms with Crippen molar-refractivity contribution in [3.8, 4) is 23.2 Å². The number of methoxy groups -OCH3 is 1. The van der Waals surface area contributed by atoms with Crippen LogP contribution in [0.15, 0.2) is 18.3 Å². The molecule has 8 nitrogen and oxygen atoms in total. The molecule has 1 fully saturated rings. The lowest BCUT2D eigenvalue weighted by Crippen LogP contribution is -2.30. The molecule has 25 heavy (non-hydrogen) atoms. The fourth-order valence-corrected chi connectivity index (χ4v) is 3.45. The molecule has 8 heteroatoms. The van der Waals surface area contributed by atoms with Crippen molar-refractivity contribution in [3.05, 3.63) is 29.7 Å². The van der Waals surface area contributed by atoms with E-state index in [0.717, 1.165) is 42.9 Å². The molecule has 128 valence electrons. The Bertz CT molecular complexity index is 959. The highest BCUT2D eigenvalue weighted by molar-refractivity contribution is 5.68. The largest absolute Gasteiger partial charge is 0.482 e. The van der Waals surface area contributed by atoms with Gasteiger partial charge in [0.25, 0.3) is 0 Å². The van der Waals surface area contributed by atoms with Crippen molar-refractivity contribution >= 4 is 5.65 Å². The van der Waals surface area contributed by atoms with Crippen molar-refractivity contribution in [2.45, 2.75) is 25.8 Å². The monoisotopic (exact) mass is 337 g/mol. The number of nitrogens with one attached hydrogen (secondary N) is 1. The van der Waals surface area contributed by atoms with Gasteiger partial charge < -0.3 is 10.1 Å². The number of nitrogens with zero attached hydrogens (tertiary/aromatic N) is 6. The van der Waals surface area contributed by atoms with E-state index in [2.05, 4.69) is 26.7 Å². The number of nitriles is 1. The Balaban J connectivity index is 1.80. The molecule has 0 aromatic carbocycles. The van der Waals surface area contributed by atoms with Gasteiger partial charge in [0.1, 0.15) is 23.1 Å². The maximum absolute atomic E-state index is 9.23. The number of hydrogen-bond donors (Lipinski definition) is 1. The number of piperidine rings is 1. The Morgan fingerprint density at radius 2 is 2.12 bits per heavy atom. The van der Waals surface area contributed by atoms with E-state index in [1.54, 1.807) is 17.7 Å². The number of rotatable bonds is 3. The van der Waals surface area contributed by atoms with E-state index in [-0.39, 0.29) is 0 Å². The second-order valence-corrected chi connectivity index (χ2v) is 6.18. The number of fused-ring (bicyclic) bond motifs is 1. The summed E-state index contributed by atoms with van der Waals surface area (Å²) < 4.78 is 9.18. The summed E-state index contributed by atoms with van der Waals surface area (Å²) in [5.74, 6) is 0.553. The minimum atomic E-state index is 0.379. The molecule has 1 aliphatic heterocycles. The second kappa shape index (κ2) is 6.18. The minimum Gasteiger partial charge on any atom is -0.482 e. The predicted octanol–water partition coefficient (Wildman–Crippen LogP) is 1.71. The smallest absolute Gasteiger partial charge is 0.200 e. The van der Waals surface area contributed by atoms with Gasteiger partial charge in [0.2, 0.25) is 5.88 Å². The van der Waals surface area contributed by atoms with Crippen LogP contribution in [0.25, 0.3) is 16.9 Å². The molecule has 0 spiro atoms. The number of imidazole rings is 1. The van der Waals surface area contributed by atoms with Crippen LogP contribution in [0.4, 0.5) is 0 Å². The Hall–Kier alpha value is -2.92. The molecule has 0 aliphatic carbocycles. The van der Waals surface area contributed by atoms with E-state index < -0.39 is 0 Å². The third-order valence-electron chi connectivity index (χ3n) is 4.75. The lowest BCUT2D eigenvalue weighted by atomic mass is 10.1. The van der Waals surface area contributed by atoms with E-state index in [1.807, 2.05) is 23.7 Å². The maximum atomic E-state index is 9.23. The molecular weight excluding hydrogens is 318 g/mol. The maximum Gasteiger partial charge on any atom is 0.200 e. The molecule has 0 unspecified atom stereocenters. The number of hydrogen-bond acceptors (Lipinski definition) is 6. The fraction of sp³-hybridized carbons (Fsp3) is 0.412.